The van der Waals surface area contributed by atoms with E-state index in [9.17, 15) is 19.5 Å². The molecule has 146 valence electrons. The van der Waals surface area contributed by atoms with Crippen LogP contribution in [-0.2, 0) is 23.9 Å². The predicted octanol–water partition coefficient (Wildman–Crippen LogP) is 2.10. The first-order valence-electron chi connectivity index (χ1n) is 9.19. The van der Waals surface area contributed by atoms with Crippen LogP contribution < -0.4 is 5.32 Å². The summed E-state index contributed by atoms with van der Waals surface area (Å²) in [5.74, 6) is -1.35. The van der Waals surface area contributed by atoms with Crippen LogP contribution in [0, 0.1) is 0 Å². The Balaban J connectivity index is 3.51. The highest BCUT2D eigenvalue weighted by Crippen LogP contribution is 2.09. The number of rotatable bonds is 15. The van der Waals surface area contributed by atoms with Crippen LogP contribution in [0.4, 0.5) is 0 Å². The van der Waals surface area contributed by atoms with Crippen molar-refractivity contribution >= 4 is 17.8 Å². The molecule has 0 bridgehead atoms. The summed E-state index contributed by atoms with van der Waals surface area (Å²) < 4.78 is 9.69. The smallest absolute Gasteiger partial charge is 0.325 e. The van der Waals surface area contributed by atoms with Crippen molar-refractivity contribution in [1.29, 1.82) is 0 Å². The summed E-state index contributed by atoms with van der Waals surface area (Å²) >= 11 is 0. The molecule has 0 rings (SSSR count). The van der Waals surface area contributed by atoms with E-state index in [-0.39, 0.29) is 31.6 Å². The van der Waals surface area contributed by atoms with Gasteiger partial charge < -0.3 is 19.9 Å². The SMILES string of the molecule is CCCCCCCCCCC(=O)OCC(O)COC(=O)CNC(C)=O. The Morgan fingerprint density at radius 1 is 0.880 bits per heavy atom. The van der Waals surface area contributed by atoms with E-state index >= 15 is 0 Å². The first-order chi connectivity index (χ1) is 12.0. The second-order valence-electron chi connectivity index (χ2n) is 6.15. The number of carbonyl (C=O) groups excluding carboxylic acids is 3. The molecule has 0 spiro atoms. The molecule has 1 atom stereocenters. The molecule has 0 aliphatic carbocycles. The normalized spacial score (nSPS) is 11.6. The van der Waals surface area contributed by atoms with E-state index in [2.05, 4.69) is 12.2 Å². The second-order valence-corrected chi connectivity index (χ2v) is 6.15. The standard InChI is InChI=1S/C18H33NO6/c1-3-4-5-6-7-8-9-10-11-17(22)24-13-16(21)14-25-18(23)12-19-15(2)20/h16,21H,3-14H2,1-2H3,(H,19,20). The van der Waals surface area contributed by atoms with Gasteiger partial charge in [-0.25, -0.2) is 0 Å². The highest BCUT2D eigenvalue weighted by molar-refractivity contribution is 5.80. The molecule has 0 aliphatic rings. The number of carbonyl (C=O) groups is 3. The zero-order valence-electron chi connectivity index (χ0n) is 15.6. The number of esters is 2. The van der Waals surface area contributed by atoms with Crippen LogP contribution in [0.2, 0.25) is 0 Å². The molecule has 25 heavy (non-hydrogen) atoms. The molecule has 2 N–H and O–H groups in total. The van der Waals surface area contributed by atoms with Crippen LogP contribution >= 0.6 is 0 Å². The van der Waals surface area contributed by atoms with Gasteiger partial charge in [-0.3, -0.25) is 14.4 Å². The lowest BCUT2D eigenvalue weighted by Crippen LogP contribution is -2.31. The van der Waals surface area contributed by atoms with Gasteiger partial charge in [-0.2, -0.15) is 0 Å². The van der Waals surface area contributed by atoms with Gasteiger partial charge in [0.15, 0.2) is 0 Å². The molecular formula is C18H33NO6. The molecule has 0 aromatic rings. The third kappa shape index (κ3) is 17.0. The molecular weight excluding hydrogens is 326 g/mol. The summed E-state index contributed by atoms with van der Waals surface area (Å²) in [7, 11) is 0. The number of hydrogen-bond donors (Lipinski definition) is 2. The Hall–Kier alpha value is -1.63. The van der Waals surface area contributed by atoms with Gasteiger partial charge in [0.1, 0.15) is 25.9 Å². The topological polar surface area (TPSA) is 102 Å². The predicted molar refractivity (Wildman–Crippen MR) is 93.8 cm³/mol. The van der Waals surface area contributed by atoms with E-state index < -0.39 is 12.1 Å². The highest BCUT2D eigenvalue weighted by atomic mass is 16.6. The van der Waals surface area contributed by atoms with E-state index in [1.807, 2.05) is 0 Å². The third-order valence-corrected chi connectivity index (χ3v) is 3.59. The first-order valence-corrected chi connectivity index (χ1v) is 9.19. The fourth-order valence-electron chi connectivity index (χ4n) is 2.15. The number of ether oxygens (including phenoxy) is 2. The number of aliphatic hydroxyl groups is 1. The van der Waals surface area contributed by atoms with E-state index in [4.69, 9.17) is 9.47 Å². The molecule has 0 aromatic heterocycles. The average molecular weight is 359 g/mol. The van der Waals surface area contributed by atoms with Crippen LogP contribution in [0.1, 0.15) is 71.6 Å². The Bertz CT molecular complexity index is 386. The molecule has 0 aliphatic heterocycles. The van der Waals surface area contributed by atoms with Crippen LogP contribution in [0.5, 0.6) is 0 Å². The Morgan fingerprint density at radius 3 is 1.96 bits per heavy atom. The van der Waals surface area contributed by atoms with Gasteiger partial charge in [-0.15, -0.1) is 0 Å². The van der Waals surface area contributed by atoms with Gasteiger partial charge in [0, 0.05) is 13.3 Å². The number of nitrogens with one attached hydrogen (secondary N) is 1. The summed E-state index contributed by atoms with van der Waals surface area (Å²) in [6, 6.07) is 0. The van der Waals surface area contributed by atoms with Gasteiger partial charge >= 0.3 is 11.9 Å². The molecule has 1 amide bonds. The molecule has 0 heterocycles. The van der Waals surface area contributed by atoms with Gasteiger partial charge in [0.05, 0.1) is 0 Å². The summed E-state index contributed by atoms with van der Waals surface area (Å²) in [4.78, 5) is 33.4. The fraction of sp³-hybridized carbons (Fsp3) is 0.833. The highest BCUT2D eigenvalue weighted by Gasteiger charge is 2.12. The lowest BCUT2D eigenvalue weighted by molar-refractivity contribution is -0.152. The zero-order valence-corrected chi connectivity index (χ0v) is 15.6. The van der Waals surface area contributed by atoms with E-state index in [1.165, 1.54) is 39.0 Å². The monoisotopic (exact) mass is 359 g/mol. The first kappa shape index (κ1) is 23.4. The summed E-state index contributed by atoms with van der Waals surface area (Å²) in [5.41, 5.74) is 0. The zero-order chi connectivity index (χ0) is 18.9. The molecule has 7 heteroatoms. The van der Waals surface area contributed by atoms with Gasteiger partial charge in [-0.05, 0) is 6.42 Å². The maximum atomic E-state index is 11.5. The van der Waals surface area contributed by atoms with Crippen molar-refractivity contribution in [3.8, 4) is 0 Å². The van der Waals surface area contributed by atoms with Crippen molar-refractivity contribution in [3.05, 3.63) is 0 Å². The van der Waals surface area contributed by atoms with E-state index in [0.29, 0.717) is 6.42 Å². The molecule has 7 nitrogen and oxygen atoms in total. The minimum Gasteiger partial charge on any atom is -0.463 e. The molecule has 0 saturated heterocycles. The number of hydrogen-bond acceptors (Lipinski definition) is 6. The summed E-state index contributed by atoms with van der Waals surface area (Å²) in [6.45, 7) is 2.75. The van der Waals surface area contributed by atoms with Crippen LogP contribution in [0.3, 0.4) is 0 Å². The number of aliphatic hydroxyl groups excluding tert-OH is 1. The van der Waals surface area contributed by atoms with Gasteiger partial charge in [0.2, 0.25) is 5.91 Å². The molecule has 1 unspecified atom stereocenters. The molecule has 0 aromatic carbocycles. The lowest BCUT2D eigenvalue weighted by atomic mass is 10.1. The van der Waals surface area contributed by atoms with E-state index in [1.54, 1.807) is 0 Å². The summed E-state index contributed by atoms with van der Waals surface area (Å²) in [5, 5.41) is 11.9. The van der Waals surface area contributed by atoms with Crippen LogP contribution in [0.15, 0.2) is 0 Å². The maximum absolute atomic E-state index is 11.5. The van der Waals surface area contributed by atoms with Crippen molar-refractivity contribution in [2.24, 2.45) is 0 Å². The van der Waals surface area contributed by atoms with Crippen molar-refractivity contribution < 1.29 is 29.0 Å². The fourth-order valence-corrected chi connectivity index (χ4v) is 2.15. The second kappa shape index (κ2) is 15.9. The minimum absolute atomic E-state index is 0.205. The average Bonchev–Trinajstić information content (AvgIpc) is 2.58. The molecule has 0 fully saturated rings. The van der Waals surface area contributed by atoms with Crippen LogP contribution in [-0.4, -0.2) is 48.8 Å². The Kier molecular flexibility index (Phi) is 14.8. The van der Waals surface area contributed by atoms with Crippen molar-refractivity contribution in [2.45, 2.75) is 77.7 Å². The van der Waals surface area contributed by atoms with Crippen LogP contribution in [0.25, 0.3) is 0 Å². The van der Waals surface area contributed by atoms with Crippen molar-refractivity contribution in [1.82, 2.24) is 5.32 Å². The molecule has 0 saturated carbocycles. The van der Waals surface area contributed by atoms with Crippen molar-refractivity contribution in [2.75, 3.05) is 19.8 Å². The van der Waals surface area contributed by atoms with Gasteiger partial charge in [-0.1, -0.05) is 51.9 Å². The quantitative estimate of drug-likeness (QED) is 0.343. The van der Waals surface area contributed by atoms with Gasteiger partial charge in [0.25, 0.3) is 0 Å². The molecule has 0 radical (unpaired) electrons. The Labute approximate surface area is 150 Å². The maximum Gasteiger partial charge on any atom is 0.325 e. The lowest BCUT2D eigenvalue weighted by Gasteiger charge is -2.12. The largest absolute Gasteiger partial charge is 0.463 e. The van der Waals surface area contributed by atoms with E-state index in [0.717, 1.165) is 19.3 Å². The minimum atomic E-state index is -1.07. The Morgan fingerprint density at radius 2 is 1.40 bits per heavy atom. The van der Waals surface area contributed by atoms with Crippen molar-refractivity contribution in [3.63, 3.8) is 0 Å². The summed E-state index contributed by atoms with van der Waals surface area (Å²) in [6.07, 6.45) is 8.47. The number of unbranched alkanes of at least 4 members (excludes halogenated alkanes) is 7. The third-order valence-electron chi connectivity index (χ3n) is 3.59. The number of amides is 1.